The van der Waals surface area contributed by atoms with Gasteiger partial charge in [-0.25, -0.2) is 0 Å². The van der Waals surface area contributed by atoms with Crippen molar-refractivity contribution >= 4 is 38.9 Å². The maximum absolute atomic E-state index is 11.9. The number of fused-ring (bicyclic) bond motifs is 4. The minimum Gasteiger partial charge on any atom is -0.370 e. The van der Waals surface area contributed by atoms with E-state index in [0.717, 1.165) is 32.8 Å². The molecule has 4 aliphatic rings. The highest BCUT2D eigenvalue weighted by Gasteiger charge is 2.24. The smallest absolute Gasteiger partial charge is 0.258 e. The first-order chi connectivity index (χ1) is 16.1. The molecule has 2 bridgehead atoms. The van der Waals surface area contributed by atoms with E-state index in [-0.39, 0.29) is 12.5 Å². The second-order valence-electron chi connectivity index (χ2n) is 8.92. The molecule has 7 heteroatoms. The summed E-state index contributed by atoms with van der Waals surface area (Å²) in [5.74, 6) is 0.679. The predicted octanol–water partition coefficient (Wildman–Crippen LogP) is 4.13. The van der Waals surface area contributed by atoms with Crippen molar-refractivity contribution < 1.29 is 14.3 Å². The van der Waals surface area contributed by atoms with Crippen LogP contribution in [-0.4, -0.2) is 56.1 Å². The lowest BCUT2D eigenvalue weighted by Crippen LogP contribution is -2.41. The molecule has 2 aromatic carbocycles. The minimum atomic E-state index is -0.409. The molecule has 0 aliphatic carbocycles. The van der Waals surface area contributed by atoms with Crippen LogP contribution in [-0.2, 0) is 9.53 Å². The average Bonchev–Trinajstić information content (AvgIpc) is 3.31. The van der Waals surface area contributed by atoms with Crippen LogP contribution in [0.5, 0.6) is 0 Å². The lowest BCUT2D eigenvalue weighted by Gasteiger charge is -2.38. The Morgan fingerprint density at radius 3 is 2.30 bits per heavy atom. The summed E-state index contributed by atoms with van der Waals surface area (Å²) in [4.78, 5) is 28.3. The van der Waals surface area contributed by atoms with Gasteiger partial charge in [0.2, 0.25) is 0 Å². The van der Waals surface area contributed by atoms with E-state index in [4.69, 9.17) is 10.5 Å². The van der Waals surface area contributed by atoms with Gasteiger partial charge >= 0.3 is 0 Å². The number of thiophene rings is 1. The summed E-state index contributed by atoms with van der Waals surface area (Å²) in [5, 5.41) is 1.00. The van der Waals surface area contributed by atoms with Crippen molar-refractivity contribution in [3.8, 4) is 11.1 Å². The van der Waals surface area contributed by atoms with Crippen molar-refractivity contribution in [1.82, 2.24) is 4.90 Å². The molecule has 0 unspecified atom stereocenters. The molecule has 0 saturated carbocycles. The van der Waals surface area contributed by atoms with Crippen molar-refractivity contribution in [3.05, 3.63) is 53.4 Å². The third-order valence-electron chi connectivity index (χ3n) is 6.82. The standard InChI is InChI=1S/C19H16N2O3S.C7H13N/c20-19(23)16-10-13-2-1-3-15(18(13)25-16)12-4-6-14(7-5-12)21-8-9-24-11-17(21)22;1-4-8-5-2-7(1)3-6-8/h1-7,10H,8-9,11H2,(H2,20,23);7H,1-6H2. The van der Waals surface area contributed by atoms with Gasteiger partial charge in [-0.1, -0.05) is 30.3 Å². The van der Waals surface area contributed by atoms with E-state index in [1.807, 2.05) is 48.5 Å². The van der Waals surface area contributed by atoms with E-state index in [9.17, 15) is 9.59 Å². The zero-order valence-corrected chi connectivity index (χ0v) is 19.5. The van der Waals surface area contributed by atoms with Crippen LogP contribution < -0.4 is 10.6 Å². The summed E-state index contributed by atoms with van der Waals surface area (Å²) < 4.78 is 6.20. The van der Waals surface area contributed by atoms with Crippen LogP contribution in [0.2, 0.25) is 0 Å². The molecule has 2 amide bonds. The number of amides is 2. The Balaban J connectivity index is 0.000000238. The van der Waals surface area contributed by atoms with Gasteiger partial charge in [0.15, 0.2) is 0 Å². The normalized spacial score (nSPS) is 22.2. The Morgan fingerprint density at radius 1 is 1.00 bits per heavy atom. The molecule has 4 fully saturated rings. The summed E-state index contributed by atoms with van der Waals surface area (Å²) in [6, 6.07) is 15.7. The summed E-state index contributed by atoms with van der Waals surface area (Å²) in [6.07, 6.45) is 4.46. The molecule has 33 heavy (non-hydrogen) atoms. The largest absolute Gasteiger partial charge is 0.370 e. The number of benzene rings is 2. The van der Waals surface area contributed by atoms with E-state index in [1.54, 1.807) is 4.90 Å². The van der Waals surface area contributed by atoms with Crippen LogP contribution >= 0.6 is 11.3 Å². The van der Waals surface area contributed by atoms with Crippen molar-refractivity contribution in [3.63, 3.8) is 0 Å². The second-order valence-corrected chi connectivity index (χ2v) is 9.97. The third-order valence-corrected chi connectivity index (χ3v) is 8.02. The number of morpholine rings is 1. The van der Waals surface area contributed by atoms with Crippen LogP contribution in [0.1, 0.15) is 28.9 Å². The Hall–Kier alpha value is -2.74. The van der Waals surface area contributed by atoms with Crippen molar-refractivity contribution in [1.29, 1.82) is 0 Å². The maximum Gasteiger partial charge on any atom is 0.258 e. The summed E-state index contributed by atoms with van der Waals surface area (Å²) >= 11 is 1.40. The van der Waals surface area contributed by atoms with Crippen LogP contribution in [0.3, 0.4) is 0 Å². The number of ether oxygens (including phenoxy) is 1. The van der Waals surface area contributed by atoms with Gasteiger partial charge < -0.3 is 20.3 Å². The first-order valence-corrected chi connectivity index (χ1v) is 12.4. The molecule has 0 spiro atoms. The number of rotatable bonds is 3. The molecule has 1 aromatic heterocycles. The quantitative estimate of drug-likeness (QED) is 0.634. The second kappa shape index (κ2) is 9.63. The minimum absolute atomic E-state index is 0.0227. The molecule has 172 valence electrons. The monoisotopic (exact) mass is 463 g/mol. The number of nitrogens with zero attached hydrogens (tertiary/aromatic N) is 2. The molecule has 2 N–H and O–H groups in total. The molecular formula is C26H29N3O3S. The van der Waals surface area contributed by atoms with Gasteiger partial charge in [-0.3, -0.25) is 9.59 Å². The molecule has 0 atom stereocenters. The SMILES string of the molecule is C1CN2CCC1CC2.NC(=O)c1cc2cccc(-c3ccc(N4CCOCC4=O)cc3)c2s1. The number of carbonyl (C=O) groups excluding carboxylic acids is 2. The van der Waals surface area contributed by atoms with E-state index >= 15 is 0 Å². The van der Waals surface area contributed by atoms with Crippen LogP contribution in [0.15, 0.2) is 48.5 Å². The van der Waals surface area contributed by atoms with Gasteiger partial charge in [0, 0.05) is 16.9 Å². The van der Waals surface area contributed by atoms with Crippen molar-refractivity contribution in [2.24, 2.45) is 11.7 Å². The third kappa shape index (κ3) is 4.81. The van der Waals surface area contributed by atoms with E-state index in [1.165, 1.54) is 50.2 Å². The summed E-state index contributed by atoms with van der Waals surface area (Å²) in [7, 11) is 0. The predicted molar refractivity (Wildman–Crippen MR) is 133 cm³/mol. The lowest BCUT2D eigenvalue weighted by atomic mass is 9.89. The number of hydrogen-bond acceptors (Lipinski definition) is 5. The Kier molecular flexibility index (Phi) is 6.44. The van der Waals surface area contributed by atoms with Gasteiger partial charge in [-0.2, -0.15) is 0 Å². The maximum atomic E-state index is 11.9. The van der Waals surface area contributed by atoms with Gasteiger partial charge in [0.05, 0.1) is 11.5 Å². The highest BCUT2D eigenvalue weighted by atomic mass is 32.1. The molecule has 4 aliphatic heterocycles. The van der Waals surface area contributed by atoms with E-state index in [2.05, 4.69) is 4.90 Å². The fraction of sp³-hybridized carbons (Fsp3) is 0.385. The number of hydrogen-bond donors (Lipinski definition) is 1. The lowest BCUT2D eigenvalue weighted by molar-refractivity contribution is -0.125. The van der Waals surface area contributed by atoms with Crippen LogP contribution in [0.4, 0.5) is 5.69 Å². The van der Waals surface area contributed by atoms with Gasteiger partial charge in [-0.05, 0) is 79.5 Å². The molecule has 5 heterocycles. The van der Waals surface area contributed by atoms with Crippen molar-refractivity contribution in [2.75, 3.05) is 44.3 Å². The van der Waals surface area contributed by atoms with Crippen molar-refractivity contribution in [2.45, 2.75) is 19.3 Å². The molecule has 0 radical (unpaired) electrons. The zero-order chi connectivity index (χ0) is 22.8. The number of nitrogens with two attached hydrogens (primary N) is 1. The number of carbonyl (C=O) groups is 2. The fourth-order valence-electron chi connectivity index (χ4n) is 4.89. The van der Waals surface area contributed by atoms with E-state index < -0.39 is 5.91 Å². The van der Waals surface area contributed by atoms with Gasteiger partial charge in [0.25, 0.3) is 11.8 Å². The topological polar surface area (TPSA) is 75.9 Å². The summed E-state index contributed by atoms with van der Waals surface area (Å²) in [5.41, 5.74) is 8.36. The first kappa shape index (κ1) is 22.1. The van der Waals surface area contributed by atoms with Crippen LogP contribution in [0.25, 0.3) is 21.2 Å². The molecule has 7 rings (SSSR count). The molecule has 6 nitrogen and oxygen atoms in total. The fourth-order valence-corrected chi connectivity index (χ4v) is 5.93. The highest BCUT2D eigenvalue weighted by Crippen LogP contribution is 2.35. The zero-order valence-electron chi connectivity index (χ0n) is 18.7. The van der Waals surface area contributed by atoms with E-state index in [0.29, 0.717) is 18.0 Å². The molecule has 3 aromatic rings. The average molecular weight is 464 g/mol. The number of piperidine rings is 3. The Labute approximate surface area is 197 Å². The Bertz CT molecular complexity index is 1130. The van der Waals surface area contributed by atoms with Gasteiger partial charge in [-0.15, -0.1) is 11.3 Å². The Morgan fingerprint density at radius 2 is 1.73 bits per heavy atom. The number of primary amides is 1. The highest BCUT2D eigenvalue weighted by molar-refractivity contribution is 7.21. The summed E-state index contributed by atoms with van der Waals surface area (Å²) in [6.45, 7) is 5.44. The number of anilines is 1. The molecular weight excluding hydrogens is 434 g/mol. The van der Waals surface area contributed by atoms with Crippen LogP contribution in [0, 0.1) is 5.92 Å². The first-order valence-electron chi connectivity index (χ1n) is 11.6. The van der Waals surface area contributed by atoms with Gasteiger partial charge in [0.1, 0.15) is 6.61 Å². The molecule has 4 saturated heterocycles.